The number of carbonyl (C=O) groups is 1. The van der Waals surface area contributed by atoms with Crippen molar-refractivity contribution >= 4 is 5.97 Å². The van der Waals surface area contributed by atoms with Gasteiger partial charge in [-0.15, -0.1) is 0 Å². The second-order valence-electron chi connectivity index (χ2n) is 3.43. The highest BCUT2D eigenvalue weighted by molar-refractivity contribution is 5.69. The first kappa shape index (κ1) is 9.43. The molecule has 0 spiro atoms. The maximum Gasteiger partial charge on any atom is 0.306 e. The van der Waals surface area contributed by atoms with Crippen molar-refractivity contribution in [1.82, 2.24) is 0 Å². The van der Waals surface area contributed by atoms with Gasteiger partial charge < -0.3 is 10.8 Å². The lowest BCUT2D eigenvalue weighted by Crippen LogP contribution is -2.35. The SMILES string of the molecule is C[C@H](CC(C)(C)N)C(=O)O. The molecule has 3 N–H and O–H groups in total. The first-order valence-electron chi connectivity index (χ1n) is 3.34. The summed E-state index contributed by atoms with van der Waals surface area (Å²) in [6.45, 7) is 5.32. The van der Waals surface area contributed by atoms with Gasteiger partial charge >= 0.3 is 5.97 Å². The van der Waals surface area contributed by atoms with Crippen LogP contribution in [-0.2, 0) is 4.79 Å². The van der Waals surface area contributed by atoms with Crippen molar-refractivity contribution in [3.05, 3.63) is 0 Å². The fourth-order valence-electron chi connectivity index (χ4n) is 0.876. The van der Waals surface area contributed by atoms with E-state index in [1.54, 1.807) is 6.92 Å². The Morgan fingerprint density at radius 2 is 2.10 bits per heavy atom. The lowest BCUT2D eigenvalue weighted by atomic mass is 9.93. The van der Waals surface area contributed by atoms with Gasteiger partial charge in [0.1, 0.15) is 0 Å². The Bertz CT molecular complexity index is 126. The second-order valence-corrected chi connectivity index (χ2v) is 3.43. The van der Waals surface area contributed by atoms with Crippen LogP contribution in [0.2, 0.25) is 0 Å². The summed E-state index contributed by atoms with van der Waals surface area (Å²) in [7, 11) is 0. The van der Waals surface area contributed by atoms with Crippen molar-refractivity contribution in [2.75, 3.05) is 0 Å². The van der Waals surface area contributed by atoms with Gasteiger partial charge in [-0.05, 0) is 20.3 Å². The first-order chi connectivity index (χ1) is 4.33. The molecule has 0 aromatic carbocycles. The summed E-state index contributed by atoms with van der Waals surface area (Å²) in [5, 5.41) is 8.49. The zero-order chi connectivity index (χ0) is 8.36. The average molecular weight is 145 g/mol. The van der Waals surface area contributed by atoms with E-state index in [0.717, 1.165) is 0 Å². The number of hydrogen-bond donors (Lipinski definition) is 2. The van der Waals surface area contributed by atoms with Crippen LogP contribution in [-0.4, -0.2) is 16.6 Å². The molecule has 3 nitrogen and oxygen atoms in total. The van der Waals surface area contributed by atoms with Crippen LogP contribution in [0.4, 0.5) is 0 Å². The molecule has 0 aromatic rings. The van der Waals surface area contributed by atoms with E-state index in [-0.39, 0.29) is 11.5 Å². The average Bonchev–Trinajstić information content (AvgIpc) is 1.60. The Morgan fingerprint density at radius 3 is 2.20 bits per heavy atom. The van der Waals surface area contributed by atoms with E-state index in [2.05, 4.69) is 0 Å². The topological polar surface area (TPSA) is 63.3 Å². The largest absolute Gasteiger partial charge is 0.481 e. The molecule has 0 fully saturated rings. The standard InChI is InChI=1S/C7H15NO2/c1-5(6(9)10)4-7(2,3)8/h5H,4,8H2,1-3H3,(H,9,10)/t5-/m1/s1. The van der Waals surface area contributed by atoms with Crippen LogP contribution in [0, 0.1) is 5.92 Å². The van der Waals surface area contributed by atoms with Crippen LogP contribution in [0.15, 0.2) is 0 Å². The predicted molar refractivity (Wildman–Crippen MR) is 39.7 cm³/mol. The molecule has 1 atom stereocenters. The molecule has 10 heavy (non-hydrogen) atoms. The van der Waals surface area contributed by atoms with Crippen molar-refractivity contribution in [3.63, 3.8) is 0 Å². The van der Waals surface area contributed by atoms with Crippen LogP contribution in [0.5, 0.6) is 0 Å². The number of nitrogens with two attached hydrogens (primary N) is 1. The Hall–Kier alpha value is -0.570. The van der Waals surface area contributed by atoms with Crippen molar-refractivity contribution in [2.45, 2.75) is 32.7 Å². The van der Waals surface area contributed by atoms with Crippen LogP contribution in [0.3, 0.4) is 0 Å². The minimum Gasteiger partial charge on any atom is -0.481 e. The highest BCUT2D eigenvalue weighted by atomic mass is 16.4. The summed E-state index contributed by atoms with van der Waals surface area (Å²) in [4.78, 5) is 10.3. The van der Waals surface area contributed by atoms with Gasteiger partial charge in [-0.25, -0.2) is 0 Å². The minimum atomic E-state index is -0.779. The molecule has 0 radical (unpaired) electrons. The van der Waals surface area contributed by atoms with Gasteiger partial charge in [-0.2, -0.15) is 0 Å². The van der Waals surface area contributed by atoms with E-state index < -0.39 is 5.97 Å². The van der Waals surface area contributed by atoms with Gasteiger partial charge in [0.05, 0.1) is 5.92 Å². The predicted octanol–water partition coefficient (Wildman–Crippen LogP) is 0.834. The number of aliphatic carboxylic acids is 1. The third kappa shape index (κ3) is 4.32. The second kappa shape index (κ2) is 3.01. The van der Waals surface area contributed by atoms with Crippen molar-refractivity contribution in [1.29, 1.82) is 0 Å². The molecule has 60 valence electrons. The Kier molecular flexibility index (Phi) is 2.84. The van der Waals surface area contributed by atoms with E-state index in [1.165, 1.54) is 0 Å². The summed E-state index contributed by atoms with van der Waals surface area (Å²) < 4.78 is 0. The Balaban J connectivity index is 3.80. The maximum absolute atomic E-state index is 10.3. The first-order valence-corrected chi connectivity index (χ1v) is 3.34. The molecule has 0 amide bonds. The molecule has 0 heterocycles. The van der Waals surface area contributed by atoms with Crippen LogP contribution < -0.4 is 5.73 Å². The number of carboxylic acid groups (broad SMARTS) is 1. The molecular weight excluding hydrogens is 130 g/mol. The molecule has 0 aromatic heterocycles. The van der Waals surface area contributed by atoms with Crippen LogP contribution >= 0.6 is 0 Å². The summed E-state index contributed by atoms with van der Waals surface area (Å²) >= 11 is 0. The third-order valence-corrected chi connectivity index (χ3v) is 1.25. The van der Waals surface area contributed by atoms with Crippen LogP contribution in [0.25, 0.3) is 0 Å². The quantitative estimate of drug-likeness (QED) is 0.618. The molecule has 0 unspecified atom stereocenters. The Labute approximate surface area is 61.2 Å². The zero-order valence-electron chi connectivity index (χ0n) is 6.72. The van der Waals surface area contributed by atoms with Crippen molar-refractivity contribution in [3.8, 4) is 0 Å². The monoisotopic (exact) mass is 145 g/mol. The van der Waals surface area contributed by atoms with Gasteiger partial charge in [0.25, 0.3) is 0 Å². The van der Waals surface area contributed by atoms with Gasteiger partial charge in [-0.1, -0.05) is 6.92 Å². The van der Waals surface area contributed by atoms with E-state index in [0.29, 0.717) is 6.42 Å². The zero-order valence-corrected chi connectivity index (χ0v) is 6.72. The number of carboxylic acids is 1. The highest BCUT2D eigenvalue weighted by Gasteiger charge is 2.19. The third-order valence-electron chi connectivity index (χ3n) is 1.25. The lowest BCUT2D eigenvalue weighted by molar-refractivity contribution is -0.141. The molecule has 3 heteroatoms. The van der Waals surface area contributed by atoms with Gasteiger partial charge in [-0.3, -0.25) is 4.79 Å². The number of hydrogen-bond acceptors (Lipinski definition) is 2. The fraction of sp³-hybridized carbons (Fsp3) is 0.857. The van der Waals surface area contributed by atoms with E-state index >= 15 is 0 Å². The van der Waals surface area contributed by atoms with E-state index in [9.17, 15) is 4.79 Å². The summed E-state index contributed by atoms with van der Waals surface area (Å²) in [5.74, 6) is -1.13. The maximum atomic E-state index is 10.3. The van der Waals surface area contributed by atoms with Gasteiger partial charge in [0.15, 0.2) is 0 Å². The lowest BCUT2D eigenvalue weighted by Gasteiger charge is -2.20. The van der Waals surface area contributed by atoms with Crippen molar-refractivity contribution < 1.29 is 9.90 Å². The van der Waals surface area contributed by atoms with E-state index in [4.69, 9.17) is 10.8 Å². The molecule has 0 rings (SSSR count). The minimum absolute atomic E-state index is 0.347. The molecule has 0 aliphatic rings. The molecule has 0 saturated heterocycles. The van der Waals surface area contributed by atoms with Gasteiger partial charge in [0, 0.05) is 5.54 Å². The molecule has 0 bridgehead atoms. The fourth-order valence-corrected chi connectivity index (χ4v) is 0.876. The van der Waals surface area contributed by atoms with E-state index in [1.807, 2.05) is 13.8 Å². The molecule has 0 aliphatic carbocycles. The molecule has 0 aliphatic heterocycles. The summed E-state index contributed by atoms with van der Waals surface area (Å²) in [5.41, 5.74) is 5.23. The van der Waals surface area contributed by atoms with Crippen molar-refractivity contribution in [2.24, 2.45) is 11.7 Å². The summed E-state index contributed by atoms with van der Waals surface area (Å²) in [6, 6.07) is 0. The normalized spacial score (nSPS) is 14.8. The molecular formula is C7H15NO2. The van der Waals surface area contributed by atoms with Gasteiger partial charge in [0.2, 0.25) is 0 Å². The van der Waals surface area contributed by atoms with Crippen LogP contribution in [0.1, 0.15) is 27.2 Å². The molecule has 0 saturated carbocycles. The summed E-state index contributed by atoms with van der Waals surface area (Å²) in [6.07, 6.45) is 0.516. The Morgan fingerprint density at radius 1 is 1.70 bits per heavy atom. The smallest absolute Gasteiger partial charge is 0.306 e. The highest BCUT2D eigenvalue weighted by Crippen LogP contribution is 2.12. The number of rotatable bonds is 3.